The van der Waals surface area contributed by atoms with Gasteiger partial charge in [0.15, 0.2) is 0 Å². The second-order valence-electron chi connectivity index (χ2n) is 6.11. The SMILES string of the molecule is CCC(CC)C(=O)N1CC(c2nc(-c3ccccc3OC)no2)C1. The summed E-state index contributed by atoms with van der Waals surface area (Å²) in [5.74, 6) is 2.30. The third kappa shape index (κ3) is 3.00. The third-order valence-corrected chi connectivity index (χ3v) is 4.67. The molecule has 0 atom stereocenters. The molecule has 0 spiro atoms. The van der Waals surface area contributed by atoms with Gasteiger partial charge in [0.25, 0.3) is 0 Å². The first-order chi connectivity index (χ1) is 11.7. The zero-order valence-corrected chi connectivity index (χ0v) is 14.4. The van der Waals surface area contributed by atoms with E-state index in [4.69, 9.17) is 9.26 Å². The number of carbonyl (C=O) groups is 1. The van der Waals surface area contributed by atoms with E-state index < -0.39 is 0 Å². The summed E-state index contributed by atoms with van der Waals surface area (Å²) >= 11 is 0. The minimum atomic E-state index is 0.123. The summed E-state index contributed by atoms with van der Waals surface area (Å²) in [5.41, 5.74) is 0.805. The summed E-state index contributed by atoms with van der Waals surface area (Å²) in [6.45, 7) is 5.42. The van der Waals surface area contributed by atoms with E-state index in [-0.39, 0.29) is 17.7 Å². The Bertz CT molecular complexity index is 703. The molecular formula is C18H23N3O3. The third-order valence-electron chi connectivity index (χ3n) is 4.67. The molecule has 2 aromatic rings. The maximum absolute atomic E-state index is 12.3. The molecule has 1 aromatic heterocycles. The number of hydrogen-bond donors (Lipinski definition) is 0. The summed E-state index contributed by atoms with van der Waals surface area (Å²) in [6.07, 6.45) is 1.77. The van der Waals surface area contributed by atoms with Gasteiger partial charge in [-0.1, -0.05) is 31.1 Å². The highest BCUT2D eigenvalue weighted by Gasteiger charge is 2.37. The highest BCUT2D eigenvalue weighted by molar-refractivity contribution is 5.79. The number of likely N-dealkylation sites (tertiary alicyclic amines) is 1. The van der Waals surface area contributed by atoms with Crippen LogP contribution in [0, 0.1) is 5.92 Å². The van der Waals surface area contributed by atoms with Crippen LogP contribution >= 0.6 is 0 Å². The summed E-state index contributed by atoms with van der Waals surface area (Å²) in [5, 5.41) is 4.07. The first kappa shape index (κ1) is 16.5. The van der Waals surface area contributed by atoms with Crippen molar-refractivity contribution in [2.45, 2.75) is 32.6 Å². The predicted molar refractivity (Wildman–Crippen MR) is 89.7 cm³/mol. The Morgan fingerprint density at radius 3 is 2.71 bits per heavy atom. The van der Waals surface area contributed by atoms with Gasteiger partial charge in [-0.2, -0.15) is 4.98 Å². The van der Waals surface area contributed by atoms with Gasteiger partial charge in [0.2, 0.25) is 17.6 Å². The van der Waals surface area contributed by atoms with Crippen molar-refractivity contribution in [2.24, 2.45) is 5.92 Å². The highest BCUT2D eigenvalue weighted by atomic mass is 16.5. The summed E-state index contributed by atoms with van der Waals surface area (Å²) in [7, 11) is 1.62. The molecule has 1 fully saturated rings. The molecule has 24 heavy (non-hydrogen) atoms. The van der Waals surface area contributed by atoms with Crippen LogP contribution in [0.25, 0.3) is 11.4 Å². The van der Waals surface area contributed by atoms with E-state index in [0.717, 1.165) is 18.4 Å². The van der Waals surface area contributed by atoms with Crippen LogP contribution in [0.4, 0.5) is 0 Å². The van der Waals surface area contributed by atoms with Gasteiger partial charge in [-0.05, 0) is 25.0 Å². The Morgan fingerprint density at radius 1 is 1.33 bits per heavy atom. The Morgan fingerprint density at radius 2 is 2.04 bits per heavy atom. The van der Waals surface area contributed by atoms with E-state index >= 15 is 0 Å². The largest absolute Gasteiger partial charge is 0.496 e. The molecule has 2 heterocycles. The summed E-state index contributed by atoms with van der Waals surface area (Å²) < 4.78 is 10.7. The van der Waals surface area contributed by atoms with Crippen molar-refractivity contribution in [3.63, 3.8) is 0 Å². The van der Waals surface area contributed by atoms with Crippen molar-refractivity contribution < 1.29 is 14.1 Å². The van der Waals surface area contributed by atoms with Crippen LogP contribution in [-0.2, 0) is 4.79 Å². The fourth-order valence-corrected chi connectivity index (χ4v) is 3.05. The number of methoxy groups -OCH3 is 1. The lowest BCUT2D eigenvalue weighted by atomic mass is 9.94. The van der Waals surface area contributed by atoms with Gasteiger partial charge in [0.1, 0.15) is 5.75 Å². The molecule has 1 aromatic carbocycles. The molecule has 0 unspecified atom stereocenters. The van der Waals surface area contributed by atoms with Crippen LogP contribution in [-0.4, -0.2) is 41.1 Å². The van der Waals surface area contributed by atoms with E-state index in [1.807, 2.05) is 29.2 Å². The van der Waals surface area contributed by atoms with E-state index in [1.165, 1.54) is 0 Å². The van der Waals surface area contributed by atoms with Crippen LogP contribution in [0.3, 0.4) is 0 Å². The van der Waals surface area contributed by atoms with E-state index in [2.05, 4.69) is 24.0 Å². The normalized spacial score (nSPS) is 14.8. The van der Waals surface area contributed by atoms with Crippen LogP contribution in [0.15, 0.2) is 28.8 Å². The molecule has 128 valence electrons. The minimum Gasteiger partial charge on any atom is -0.496 e. The highest BCUT2D eigenvalue weighted by Crippen LogP contribution is 2.32. The number of benzene rings is 1. The molecule has 0 N–H and O–H groups in total. The fraction of sp³-hybridized carbons (Fsp3) is 0.500. The standard InChI is InChI=1S/C18H23N3O3/c1-4-12(5-2)18(22)21-10-13(11-21)17-19-16(20-24-17)14-8-6-7-9-15(14)23-3/h6-9,12-13H,4-5,10-11H2,1-3H3. The van der Waals surface area contributed by atoms with Gasteiger partial charge in [-0.25, -0.2) is 0 Å². The van der Waals surface area contributed by atoms with Crippen molar-refractivity contribution in [1.82, 2.24) is 15.0 Å². The second kappa shape index (κ2) is 7.03. The average Bonchev–Trinajstić information content (AvgIpc) is 3.04. The Hall–Kier alpha value is -2.37. The molecule has 3 rings (SSSR count). The second-order valence-corrected chi connectivity index (χ2v) is 6.11. The first-order valence-electron chi connectivity index (χ1n) is 8.43. The quantitative estimate of drug-likeness (QED) is 0.814. The first-order valence-corrected chi connectivity index (χ1v) is 8.43. The number of aromatic nitrogens is 2. The number of para-hydroxylation sites is 1. The molecule has 1 aliphatic heterocycles. The van der Waals surface area contributed by atoms with Crippen molar-refractivity contribution >= 4 is 5.91 Å². The Labute approximate surface area is 141 Å². The van der Waals surface area contributed by atoms with Crippen LogP contribution in [0.5, 0.6) is 5.75 Å². The maximum atomic E-state index is 12.3. The Kier molecular flexibility index (Phi) is 4.83. The predicted octanol–water partition coefficient (Wildman–Crippen LogP) is 3.11. The minimum absolute atomic E-state index is 0.123. The van der Waals surface area contributed by atoms with E-state index in [0.29, 0.717) is 30.6 Å². The number of rotatable bonds is 6. The molecular weight excluding hydrogens is 306 g/mol. The van der Waals surface area contributed by atoms with Gasteiger partial charge in [-0.15, -0.1) is 0 Å². The van der Waals surface area contributed by atoms with Crippen LogP contribution < -0.4 is 4.74 Å². The number of carbonyl (C=O) groups excluding carboxylic acids is 1. The molecule has 1 amide bonds. The molecule has 0 radical (unpaired) electrons. The van der Waals surface area contributed by atoms with Gasteiger partial charge < -0.3 is 14.2 Å². The lowest BCUT2D eigenvalue weighted by Gasteiger charge is -2.39. The molecule has 1 saturated heterocycles. The maximum Gasteiger partial charge on any atom is 0.233 e. The summed E-state index contributed by atoms with van der Waals surface area (Å²) in [4.78, 5) is 18.7. The molecule has 0 saturated carbocycles. The van der Waals surface area contributed by atoms with Gasteiger partial charge in [0.05, 0.1) is 18.6 Å². The average molecular weight is 329 g/mol. The van der Waals surface area contributed by atoms with Crippen molar-refractivity contribution in [1.29, 1.82) is 0 Å². The smallest absolute Gasteiger partial charge is 0.233 e. The zero-order chi connectivity index (χ0) is 17.1. The number of hydrogen-bond acceptors (Lipinski definition) is 5. The molecule has 1 aliphatic rings. The van der Waals surface area contributed by atoms with Gasteiger partial charge >= 0.3 is 0 Å². The lowest BCUT2D eigenvalue weighted by molar-refractivity contribution is -0.140. The molecule has 6 heteroatoms. The Balaban J connectivity index is 1.67. The molecule has 6 nitrogen and oxygen atoms in total. The topological polar surface area (TPSA) is 68.5 Å². The van der Waals surface area contributed by atoms with Gasteiger partial charge in [-0.3, -0.25) is 4.79 Å². The van der Waals surface area contributed by atoms with Crippen molar-refractivity contribution in [3.8, 4) is 17.1 Å². The molecule has 0 aliphatic carbocycles. The summed E-state index contributed by atoms with van der Waals surface area (Å²) in [6, 6.07) is 7.58. The monoisotopic (exact) mass is 329 g/mol. The van der Waals surface area contributed by atoms with E-state index in [1.54, 1.807) is 7.11 Å². The van der Waals surface area contributed by atoms with Gasteiger partial charge in [0, 0.05) is 19.0 Å². The number of ether oxygens (including phenoxy) is 1. The van der Waals surface area contributed by atoms with Crippen LogP contribution in [0.2, 0.25) is 0 Å². The lowest BCUT2D eigenvalue weighted by Crippen LogP contribution is -2.50. The fourth-order valence-electron chi connectivity index (χ4n) is 3.05. The zero-order valence-electron chi connectivity index (χ0n) is 14.4. The van der Waals surface area contributed by atoms with Crippen molar-refractivity contribution in [2.75, 3.05) is 20.2 Å². The van der Waals surface area contributed by atoms with Crippen LogP contribution in [0.1, 0.15) is 38.5 Å². The van der Waals surface area contributed by atoms with E-state index in [9.17, 15) is 4.79 Å². The number of amides is 1. The van der Waals surface area contributed by atoms with Crippen molar-refractivity contribution in [3.05, 3.63) is 30.2 Å². The molecule has 0 bridgehead atoms. The number of nitrogens with zero attached hydrogens (tertiary/aromatic N) is 3.